The molecule has 0 heterocycles. The monoisotopic (exact) mass is 365 g/mol. The van der Waals surface area contributed by atoms with Gasteiger partial charge in [0.2, 0.25) is 0 Å². The minimum Gasteiger partial charge on any atom is -0.497 e. The number of amides is 1. The van der Waals surface area contributed by atoms with Gasteiger partial charge in [0.15, 0.2) is 0 Å². The summed E-state index contributed by atoms with van der Waals surface area (Å²) < 4.78 is 9.69. The molecule has 0 radical (unpaired) electrons. The number of hydrogen-bond acceptors (Lipinski definition) is 6. The first-order valence-electron chi connectivity index (χ1n) is 8.03. The minimum absolute atomic E-state index is 0.0583. The van der Waals surface area contributed by atoms with E-state index >= 15 is 0 Å². The Balaban J connectivity index is 1.93. The third-order valence-electron chi connectivity index (χ3n) is 3.64. The van der Waals surface area contributed by atoms with Gasteiger partial charge in [-0.15, -0.1) is 0 Å². The quantitative estimate of drug-likeness (QED) is 0.444. The van der Waals surface area contributed by atoms with Gasteiger partial charge in [0.1, 0.15) is 17.4 Å². The van der Waals surface area contributed by atoms with Gasteiger partial charge in [-0.05, 0) is 42.0 Å². The summed E-state index contributed by atoms with van der Waals surface area (Å²) in [6.07, 6.45) is 1.35. The van der Waals surface area contributed by atoms with Crippen LogP contribution >= 0.6 is 0 Å². The molecule has 138 valence electrons. The first-order chi connectivity index (χ1) is 13.1. The SMILES string of the molecule is COC(=O)c1ccc(CN/C=C(/C#N)C(=O)Nc2ccc(OC)cc2)cc1. The lowest BCUT2D eigenvalue weighted by molar-refractivity contribution is -0.112. The van der Waals surface area contributed by atoms with Crippen LogP contribution in [0.2, 0.25) is 0 Å². The van der Waals surface area contributed by atoms with Crippen LogP contribution in [0.3, 0.4) is 0 Å². The van der Waals surface area contributed by atoms with Gasteiger partial charge >= 0.3 is 5.97 Å². The molecule has 2 aromatic rings. The van der Waals surface area contributed by atoms with E-state index in [1.165, 1.54) is 13.3 Å². The predicted octanol–water partition coefficient (Wildman–Crippen LogP) is 2.62. The van der Waals surface area contributed by atoms with Gasteiger partial charge in [0.25, 0.3) is 5.91 Å². The van der Waals surface area contributed by atoms with E-state index in [4.69, 9.17) is 4.74 Å². The van der Waals surface area contributed by atoms with E-state index in [9.17, 15) is 14.9 Å². The zero-order valence-corrected chi connectivity index (χ0v) is 15.0. The van der Waals surface area contributed by atoms with E-state index in [1.807, 2.05) is 6.07 Å². The summed E-state index contributed by atoms with van der Waals surface area (Å²) in [5.41, 5.74) is 1.83. The Kier molecular flexibility index (Phi) is 6.97. The Morgan fingerprint density at radius 1 is 1.07 bits per heavy atom. The maximum Gasteiger partial charge on any atom is 0.337 e. The van der Waals surface area contributed by atoms with Gasteiger partial charge in [-0.1, -0.05) is 12.1 Å². The molecule has 0 aromatic heterocycles. The highest BCUT2D eigenvalue weighted by Gasteiger charge is 2.09. The molecule has 7 heteroatoms. The maximum atomic E-state index is 12.2. The molecule has 0 fully saturated rings. The van der Waals surface area contributed by atoms with Crippen molar-refractivity contribution in [3.8, 4) is 11.8 Å². The van der Waals surface area contributed by atoms with Gasteiger partial charge in [0.05, 0.1) is 19.8 Å². The Hall–Kier alpha value is -3.79. The summed E-state index contributed by atoms with van der Waals surface area (Å²) in [6.45, 7) is 0.391. The summed E-state index contributed by atoms with van der Waals surface area (Å²) in [5, 5.41) is 14.7. The third kappa shape index (κ3) is 5.61. The first-order valence-corrected chi connectivity index (χ1v) is 8.03. The van der Waals surface area contributed by atoms with Gasteiger partial charge < -0.3 is 20.1 Å². The molecule has 0 bridgehead atoms. The molecule has 2 rings (SSSR count). The van der Waals surface area contributed by atoms with Crippen molar-refractivity contribution in [2.24, 2.45) is 0 Å². The molecule has 2 aromatic carbocycles. The molecule has 0 unspecified atom stereocenters. The number of hydrogen-bond donors (Lipinski definition) is 2. The van der Waals surface area contributed by atoms with Crippen LogP contribution in [0.4, 0.5) is 5.69 Å². The fourth-order valence-corrected chi connectivity index (χ4v) is 2.17. The van der Waals surface area contributed by atoms with Gasteiger partial charge in [-0.3, -0.25) is 4.79 Å². The second-order valence-electron chi connectivity index (χ2n) is 5.42. The number of nitrogens with zero attached hydrogens (tertiary/aromatic N) is 1. The van der Waals surface area contributed by atoms with Crippen LogP contribution in [0.5, 0.6) is 5.75 Å². The summed E-state index contributed by atoms with van der Waals surface area (Å²) in [6, 6.07) is 15.5. The Bertz CT molecular complexity index is 866. The first kappa shape index (κ1) is 19.5. The van der Waals surface area contributed by atoms with Gasteiger partial charge in [-0.2, -0.15) is 5.26 Å². The fraction of sp³-hybridized carbons (Fsp3) is 0.150. The van der Waals surface area contributed by atoms with Crippen LogP contribution in [0.15, 0.2) is 60.3 Å². The molecule has 0 saturated carbocycles. The Labute approximate surface area is 157 Å². The number of methoxy groups -OCH3 is 2. The molecule has 27 heavy (non-hydrogen) atoms. The molecule has 2 N–H and O–H groups in total. The van der Waals surface area contributed by atoms with E-state index in [0.29, 0.717) is 23.5 Å². The largest absolute Gasteiger partial charge is 0.497 e. The van der Waals surface area contributed by atoms with Crippen molar-refractivity contribution in [1.82, 2.24) is 5.32 Å². The van der Waals surface area contributed by atoms with Crippen molar-refractivity contribution < 1.29 is 19.1 Å². The van der Waals surface area contributed by atoms with Crippen molar-refractivity contribution in [3.05, 3.63) is 71.4 Å². The zero-order valence-electron chi connectivity index (χ0n) is 15.0. The zero-order chi connectivity index (χ0) is 19.6. The Morgan fingerprint density at radius 2 is 1.74 bits per heavy atom. The lowest BCUT2D eigenvalue weighted by Gasteiger charge is -2.07. The highest BCUT2D eigenvalue weighted by atomic mass is 16.5. The van der Waals surface area contributed by atoms with E-state index in [2.05, 4.69) is 15.4 Å². The number of anilines is 1. The van der Waals surface area contributed by atoms with Crippen LogP contribution in [-0.4, -0.2) is 26.1 Å². The van der Waals surface area contributed by atoms with E-state index in [-0.39, 0.29) is 5.57 Å². The second-order valence-corrected chi connectivity index (χ2v) is 5.42. The fourth-order valence-electron chi connectivity index (χ4n) is 2.17. The number of nitriles is 1. The van der Waals surface area contributed by atoms with E-state index in [0.717, 1.165) is 5.56 Å². The van der Waals surface area contributed by atoms with Crippen molar-refractivity contribution in [2.45, 2.75) is 6.54 Å². The number of benzene rings is 2. The van der Waals surface area contributed by atoms with Crippen LogP contribution in [0.1, 0.15) is 15.9 Å². The molecule has 0 aliphatic carbocycles. The maximum absolute atomic E-state index is 12.2. The van der Waals surface area contributed by atoms with Gasteiger partial charge in [0, 0.05) is 18.4 Å². The summed E-state index contributed by atoms with van der Waals surface area (Å²) in [7, 11) is 2.88. The standard InChI is InChI=1S/C20H19N3O4/c1-26-18-9-7-17(8-10-18)23-19(24)16(11-21)13-22-12-14-3-5-15(6-4-14)20(25)27-2/h3-10,13,22H,12H2,1-2H3,(H,23,24)/b16-13-. The van der Waals surface area contributed by atoms with Crippen molar-refractivity contribution in [3.63, 3.8) is 0 Å². The molecular formula is C20H19N3O4. The van der Waals surface area contributed by atoms with Crippen molar-refractivity contribution in [2.75, 3.05) is 19.5 Å². The minimum atomic E-state index is -0.517. The normalized spacial score (nSPS) is 10.5. The third-order valence-corrected chi connectivity index (χ3v) is 3.64. The summed E-state index contributed by atoms with van der Waals surface area (Å²) in [4.78, 5) is 23.6. The Morgan fingerprint density at radius 3 is 2.30 bits per heavy atom. The van der Waals surface area contributed by atoms with Crippen LogP contribution in [0, 0.1) is 11.3 Å². The van der Waals surface area contributed by atoms with Gasteiger partial charge in [-0.25, -0.2) is 4.79 Å². The van der Waals surface area contributed by atoms with Crippen LogP contribution in [0.25, 0.3) is 0 Å². The number of rotatable bonds is 7. The molecule has 0 aliphatic heterocycles. The molecular weight excluding hydrogens is 346 g/mol. The van der Waals surface area contributed by atoms with E-state index in [1.54, 1.807) is 55.6 Å². The van der Waals surface area contributed by atoms with Crippen LogP contribution in [-0.2, 0) is 16.1 Å². The smallest absolute Gasteiger partial charge is 0.337 e. The summed E-state index contributed by atoms with van der Waals surface area (Å²) in [5.74, 6) is -0.253. The lowest BCUT2D eigenvalue weighted by atomic mass is 10.1. The number of carbonyl (C=O) groups excluding carboxylic acids is 2. The van der Waals surface area contributed by atoms with Crippen molar-refractivity contribution >= 4 is 17.6 Å². The average Bonchev–Trinajstić information content (AvgIpc) is 2.71. The van der Waals surface area contributed by atoms with Crippen LogP contribution < -0.4 is 15.4 Å². The average molecular weight is 365 g/mol. The predicted molar refractivity (Wildman–Crippen MR) is 99.9 cm³/mol. The number of nitrogens with one attached hydrogen (secondary N) is 2. The second kappa shape index (κ2) is 9.63. The number of ether oxygens (including phenoxy) is 2. The molecule has 7 nitrogen and oxygen atoms in total. The lowest BCUT2D eigenvalue weighted by Crippen LogP contribution is -2.16. The highest BCUT2D eigenvalue weighted by Crippen LogP contribution is 2.15. The molecule has 0 atom stereocenters. The summed E-state index contributed by atoms with van der Waals surface area (Å²) >= 11 is 0. The molecule has 1 amide bonds. The molecule has 0 spiro atoms. The topological polar surface area (TPSA) is 100 Å². The number of esters is 1. The van der Waals surface area contributed by atoms with Crippen molar-refractivity contribution in [1.29, 1.82) is 5.26 Å². The molecule has 0 saturated heterocycles. The highest BCUT2D eigenvalue weighted by molar-refractivity contribution is 6.06. The molecule has 0 aliphatic rings. The number of carbonyl (C=O) groups is 2. The van der Waals surface area contributed by atoms with E-state index < -0.39 is 11.9 Å².